The van der Waals surface area contributed by atoms with Gasteiger partial charge in [0.15, 0.2) is 11.2 Å². The van der Waals surface area contributed by atoms with Crippen molar-refractivity contribution < 1.29 is 67.2 Å². The number of allylic oxidation sites excluding steroid dienone is 1. The fraction of sp³-hybridized carbons (Fsp3) is 0.982. The second-order valence-corrected chi connectivity index (χ2v) is 53.0. The van der Waals surface area contributed by atoms with Gasteiger partial charge in [0.25, 0.3) is 0 Å². The molecule has 0 amide bonds. The van der Waals surface area contributed by atoms with Gasteiger partial charge in [-0.3, -0.25) is 0 Å². The molecule has 0 aromatic carbocycles. The maximum atomic E-state index is 13.1. The molecule has 0 spiro atoms. The minimum Gasteiger partial charge on any atom is -0.513 e. The lowest BCUT2D eigenvalue weighted by Gasteiger charge is -2.63. The number of fused-ring (bicyclic) bond motifs is 2. The van der Waals surface area contributed by atoms with Crippen LogP contribution in [0.15, 0.2) is 12.3 Å². The number of hydrogen-bond acceptors (Lipinski definition) is 8. The molecule has 0 aliphatic heterocycles. The summed E-state index contributed by atoms with van der Waals surface area (Å²) in [5, 5.41) is 76.6. The average molecular weight is 1810 g/mol. The molecule has 0 saturated heterocycles. The van der Waals surface area contributed by atoms with E-state index in [1.807, 2.05) is 83.1 Å². The predicted octanol–water partition coefficient (Wildman–Crippen LogP) is 33.5. The van der Waals surface area contributed by atoms with E-state index in [1.165, 1.54) is 64.2 Å². The number of aliphatic hydroxyl groups excluding tert-OH is 1. The van der Waals surface area contributed by atoms with Gasteiger partial charge in [0, 0.05) is 5.92 Å². The summed E-state index contributed by atoms with van der Waals surface area (Å²) < 4.78 is 78.4. The molecule has 8 nitrogen and oxygen atoms in total. The first-order valence-corrected chi connectivity index (χ1v) is 51.5. The Morgan fingerprint density at radius 1 is 0.413 bits per heavy atom. The van der Waals surface area contributed by atoms with Crippen molar-refractivity contribution in [3.63, 3.8) is 0 Å². The van der Waals surface area contributed by atoms with Crippen LogP contribution >= 0.6 is 0 Å². The van der Waals surface area contributed by atoms with Crippen LogP contribution in [0.2, 0.25) is 0 Å². The Morgan fingerprint density at radius 2 is 0.802 bits per heavy atom. The van der Waals surface area contributed by atoms with E-state index in [4.69, 9.17) is 5.11 Å². The van der Waals surface area contributed by atoms with E-state index in [0.717, 1.165) is 102 Å². The molecule has 8 rings (SSSR count). The molecule has 6 bridgehead atoms. The van der Waals surface area contributed by atoms with Crippen molar-refractivity contribution in [1.82, 2.24) is 0 Å². The highest BCUT2D eigenvalue weighted by molar-refractivity contribution is 5.11. The topological polar surface area (TPSA) is 162 Å². The molecular weight excluding hydrogens is 1590 g/mol. The molecule has 14 atom stereocenters. The minimum absolute atomic E-state index is 0.0192. The van der Waals surface area contributed by atoms with Crippen LogP contribution in [0.5, 0.6) is 0 Å². The molecule has 0 aromatic rings. The molecule has 0 radical (unpaired) electrons. The summed E-state index contributed by atoms with van der Waals surface area (Å²) >= 11 is 0. The molecule has 0 heterocycles. The predicted molar refractivity (Wildman–Crippen MR) is 533 cm³/mol. The Labute approximate surface area is 780 Å². The van der Waals surface area contributed by atoms with Crippen molar-refractivity contribution in [2.75, 3.05) is 0 Å². The van der Waals surface area contributed by atoms with E-state index in [1.54, 1.807) is 52.4 Å². The van der Waals surface area contributed by atoms with Crippen molar-refractivity contribution in [3.8, 4) is 0 Å². The lowest BCUT2D eigenvalue weighted by atomic mass is 9.42. The zero-order chi connectivity index (χ0) is 101. The van der Waals surface area contributed by atoms with E-state index in [0.29, 0.717) is 89.8 Å². The Bertz CT molecular complexity index is 2800. The third-order valence-electron chi connectivity index (χ3n) is 32.5. The molecule has 8 N–H and O–H groups in total. The summed E-state index contributed by atoms with van der Waals surface area (Å²) in [7, 11) is 0. The van der Waals surface area contributed by atoms with Crippen molar-refractivity contribution in [2.45, 2.75) is 524 Å². The van der Waals surface area contributed by atoms with Gasteiger partial charge in [-0.1, -0.05) is 281 Å². The van der Waals surface area contributed by atoms with Gasteiger partial charge in [-0.2, -0.15) is 26.3 Å². The van der Waals surface area contributed by atoms with Crippen LogP contribution in [0.4, 0.5) is 26.3 Å². The maximum absolute atomic E-state index is 13.1. The van der Waals surface area contributed by atoms with Gasteiger partial charge in [-0.15, -0.1) is 0 Å². The molecule has 8 aliphatic carbocycles. The van der Waals surface area contributed by atoms with Gasteiger partial charge in [0.05, 0.1) is 33.8 Å². The van der Waals surface area contributed by atoms with E-state index < -0.39 is 75.7 Å². The summed E-state index contributed by atoms with van der Waals surface area (Å²) in [5.41, 5.74) is -5.65. The molecule has 0 aromatic heterocycles. The van der Waals surface area contributed by atoms with Crippen LogP contribution in [0.1, 0.15) is 473 Å². The van der Waals surface area contributed by atoms with E-state index in [9.17, 15) is 62.1 Å². The van der Waals surface area contributed by atoms with Crippen LogP contribution < -0.4 is 0 Å². The van der Waals surface area contributed by atoms with Gasteiger partial charge in [0.1, 0.15) is 0 Å². The number of alkyl halides is 6. The molecule has 8 fully saturated rings. The average Bonchev–Trinajstić information content (AvgIpc) is 1.55. The number of aliphatic hydroxyl groups is 8. The molecule has 760 valence electrons. The maximum Gasteiger partial charge on any atom is 0.417 e. The second kappa shape index (κ2) is 53.0. The Kier molecular flexibility index (Phi) is 54.2. The van der Waals surface area contributed by atoms with Crippen LogP contribution in [-0.4, -0.2) is 92.4 Å². The number of rotatable bonds is 27. The van der Waals surface area contributed by atoms with E-state index in [-0.39, 0.29) is 35.9 Å². The van der Waals surface area contributed by atoms with Gasteiger partial charge >= 0.3 is 12.4 Å². The number of halogens is 6. The molecule has 126 heavy (non-hydrogen) atoms. The standard InChI is InChI=1S/C15H24F6O2.C14H28O.C14H24.C13H24.C12H26O.C11H24O.C10H22O.C9H20O.C9H20.C5H10O/c1-8(2)9-5-10(12(3,22)14(16,17)18)7-11(6-9)13(4,23)15(19,20)21;1-11(2)13(10-14(3,4)15)12-8-6-5-7-9-12;1-10(2)14-7-11-4-12(8-14)6-13(3,5-11)9-14;1-9(2)11-8-10-6-7-13(11,5)12(10,3)4;1-9(2)10(11(3,4)5)8-12(6,7)13;1-8(2)10(9(3)4)7-11(5,6)12;1-6-9(8(2)3)7-10(4,5)11;1-7(2)8(3)6-9(4,5)10;1-7(2)6-9(5)8(3)4;1-4(2)5(3)6/h8-11,22-23H,5-7H2,1-4H3;11-13,15H,5-10H2,1-4H3;10-12H,4-9H2,1-3H3;9-11H,6-8H2,1-5H3;9-10,13H,8H2,1-7H3;8-10,12H,7H2,1-6H3;8-9,11H,6-7H2,1-5H3;7-8,10H,6H2,1-5H3;7-9H,6H2,1-5H3;4,6H,3H2,1-2H3. The summed E-state index contributed by atoms with van der Waals surface area (Å²) in [5.74, 6) is 13.8. The molecule has 14 heteroatoms. The van der Waals surface area contributed by atoms with Crippen molar-refractivity contribution >= 4 is 0 Å². The van der Waals surface area contributed by atoms with E-state index >= 15 is 0 Å². The fourth-order valence-electron chi connectivity index (χ4n) is 23.6. The zero-order valence-electron chi connectivity index (χ0n) is 92.0. The third-order valence-corrected chi connectivity index (χ3v) is 32.5. The summed E-state index contributed by atoms with van der Waals surface area (Å²) in [6, 6.07) is 0. The molecule has 14 unspecified atom stereocenters. The van der Waals surface area contributed by atoms with Crippen LogP contribution in [0, 0.1) is 181 Å². The highest BCUT2D eigenvalue weighted by Crippen LogP contribution is 2.70. The SMILES string of the molecule is C=C(O)C(C)C.CC(C)C(C)CC(C)(C)O.CC(C)C(CC(C)(C)O)C(C)(C)C.CC(C)C(CC(C)(C)O)C(C)C.CC(C)C(CC(C)(C)O)C1CCCCC1.CC(C)C12CC3CC(CC(C)(C3)C1)C2.CC(C)C1CC(C(C)(O)C(F)(F)F)CC(C(C)(O)C(F)(F)F)C1.CC(C)C1CC2CCC1(C)C2(C)C.CC(C)CC(C)C(C)C.CCC(CC(C)(C)O)C(C)C. The Hall–Kier alpha value is -1.16. The fourth-order valence-corrected chi connectivity index (χ4v) is 23.6. The smallest absolute Gasteiger partial charge is 0.417 e. The summed E-state index contributed by atoms with van der Waals surface area (Å²) in [6.45, 7) is 100. The first-order valence-electron chi connectivity index (χ1n) is 51.5. The van der Waals surface area contributed by atoms with Crippen molar-refractivity contribution in [2.24, 2.45) is 181 Å². The highest BCUT2D eigenvalue weighted by Gasteiger charge is 2.63. The van der Waals surface area contributed by atoms with Crippen LogP contribution in [0.25, 0.3) is 0 Å². The molecular formula is C112H222F6O8. The summed E-state index contributed by atoms with van der Waals surface area (Å²) in [6.07, 6.45) is 17.5. The van der Waals surface area contributed by atoms with Gasteiger partial charge < -0.3 is 40.9 Å². The van der Waals surface area contributed by atoms with Crippen molar-refractivity contribution in [1.29, 1.82) is 0 Å². The summed E-state index contributed by atoms with van der Waals surface area (Å²) in [4.78, 5) is 0. The first kappa shape index (κ1) is 129. The monoisotopic (exact) mass is 1810 g/mol. The second-order valence-electron chi connectivity index (χ2n) is 53.0. The van der Waals surface area contributed by atoms with Crippen LogP contribution in [0.3, 0.4) is 0 Å². The largest absolute Gasteiger partial charge is 0.513 e. The quantitative estimate of drug-likeness (QED) is 0.0298. The molecule has 8 saturated carbocycles. The third kappa shape index (κ3) is 47.1. The zero-order valence-corrected chi connectivity index (χ0v) is 92.0. The minimum atomic E-state index is -4.94. The van der Waals surface area contributed by atoms with Crippen molar-refractivity contribution in [3.05, 3.63) is 12.3 Å². The highest BCUT2D eigenvalue weighted by atomic mass is 19.4. The molecule has 8 aliphatic rings. The Morgan fingerprint density at radius 3 is 1.00 bits per heavy atom. The normalized spacial score (nSPS) is 26.7. The number of hydrogen-bond donors (Lipinski definition) is 8. The lowest BCUT2D eigenvalue weighted by molar-refractivity contribution is -0.298. The lowest BCUT2D eigenvalue weighted by Crippen LogP contribution is -2.56. The van der Waals surface area contributed by atoms with E-state index in [2.05, 4.69) is 214 Å². The Balaban J connectivity index is -0.00000136. The van der Waals surface area contributed by atoms with Gasteiger partial charge in [0.2, 0.25) is 0 Å². The van der Waals surface area contributed by atoms with Gasteiger partial charge in [-0.25, -0.2) is 0 Å². The van der Waals surface area contributed by atoms with Gasteiger partial charge in [-0.05, 0) is 374 Å². The first-order chi connectivity index (χ1) is 56.0. The van der Waals surface area contributed by atoms with Crippen LogP contribution in [-0.2, 0) is 0 Å².